The van der Waals surface area contributed by atoms with Crippen molar-refractivity contribution in [2.24, 2.45) is 0 Å². The zero-order chi connectivity index (χ0) is 17.6. The number of morpholine rings is 2. The molecule has 26 heavy (non-hydrogen) atoms. The summed E-state index contributed by atoms with van der Waals surface area (Å²) in [4.78, 5) is 17.7. The van der Waals surface area contributed by atoms with Crippen molar-refractivity contribution < 1.29 is 9.47 Å². The van der Waals surface area contributed by atoms with Crippen LogP contribution < -0.4 is 15.1 Å². The minimum absolute atomic E-state index is 0.677. The predicted molar refractivity (Wildman–Crippen MR) is 99.7 cm³/mol. The molecule has 4 rings (SSSR count). The van der Waals surface area contributed by atoms with Crippen molar-refractivity contribution in [3.63, 3.8) is 0 Å². The Labute approximate surface area is 153 Å². The lowest BCUT2D eigenvalue weighted by atomic mass is 10.2. The number of ether oxygens (including phenoxy) is 2. The van der Waals surface area contributed by atoms with Gasteiger partial charge in [0.2, 0.25) is 0 Å². The Morgan fingerprint density at radius 1 is 0.846 bits per heavy atom. The molecular formula is C18H24N6O2. The van der Waals surface area contributed by atoms with E-state index in [4.69, 9.17) is 9.47 Å². The average molecular weight is 356 g/mol. The molecule has 0 radical (unpaired) electrons. The van der Waals surface area contributed by atoms with E-state index in [0.29, 0.717) is 6.54 Å². The smallest absolute Gasteiger partial charge is 0.134 e. The maximum atomic E-state index is 5.39. The van der Waals surface area contributed by atoms with Gasteiger partial charge in [-0.2, -0.15) is 0 Å². The van der Waals surface area contributed by atoms with E-state index in [2.05, 4.69) is 42.2 Å². The van der Waals surface area contributed by atoms with E-state index >= 15 is 0 Å². The van der Waals surface area contributed by atoms with Crippen molar-refractivity contribution >= 4 is 17.5 Å². The topological polar surface area (TPSA) is 75.6 Å². The van der Waals surface area contributed by atoms with Gasteiger partial charge in [-0.3, -0.25) is 0 Å². The molecule has 8 heteroatoms. The van der Waals surface area contributed by atoms with Gasteiger partial charge in [0.05, 0.1) is 26.4 Å². The van der Waals surface area contributed by atoms with Crippen LogP contribution in [0.1, 0.15) is 5.56 Å². The Hall–Kier alpha value is -2.45. The summed E-state index contributed by atoms with van der Waals surface area (Å²) in [6, 6.07) is 6.16. The summed E-state index contributed by atoms with van der Waals surface area (Å²) in [6.07, 6.45) is 3.52. The second-order valence-corrected chi connectivity index (χ2v) is 6.34. The molecule has 8 nitrogen and oxygen atoms in total. The molecule has 2 aromatic heterocycles. The first-order chi connectivity index (χ1) is 12.9. The highest BCUT2D eigenvalue weighted by Crippen LogP contribution is 2.17. The third-order valence-electron chi connectivity index (χ3n) is 4.61. The third kappa shape index (κ3) is 4.20. The summed E-state index contributed by atoms with van der Waals surface area (Å²) in [6.45, 7) is 7.23. The molecule has 0 bridgehead atoms. The highest BCUT2D eigenvalue weighted by Gasteiger charge is 2.14. The Bertz CT molecular complexity index is 699. The van der Waals surface area contributed by atoms with Gasteiger partial charge in [-0.1, -0.05) is 6.07 Å². The van der Waals surface area contributed by atoms with Gasteiger partial charge in [-0.05, 0) is 11.6 Å². The fourth-order valence-corrected chi connectivity index (χ4v) is 3.10. The van der Waals surface area contributed by atoms with Crippen LogP contribution >= 0.6 is 0 Å². The van der Waals surface area contributed by atoms with Gasteiger partial charge in [0.25, 0.3) is 0 Å². The van der Waals surface area contributed by atoms with Gasteiger partial charge in [-0.25, -0.2) is 15.0 Å². The number of rotatable bonds is 5. The largest absolute Gasteiger partial charge is 0.378 e. The van der Waals surface area contributed by atoms with Crippen LogP contribution in [0.2, 0.25) is 0 Å². The van der Waals surface area contributed by atoms with Crippen molar-refractivity contribution in [3.8, 4) is 0 Å². The number of pyridine rings is 1. The summed E-state index contributed by atoms with van der Waals surface area (Å²) in [5.74, 6) is 2.76. The van der Waals surface area contributed by atoms with Crippen LogP contribution in [0.3, 0.4) is 0 Å². The molecule has 2 aromatic rings. The molecule has 1 N–H and O–H groups in total. The molecule has 4 heterocycles. The van der Waals surface area contributed by atoms with Crippen LogP contribution in [0.5, 0.6) is 0 Å². The standard InChI is InChI=1S/C18H24N6O2/c1-2-17(23-3-7-25-8-4-23)20-13-15(1)12-19-16-11-18(22-14-21-16)24-5-9-26-10-6-24/h1-2,11,13-14H,3-10,12H2,(H,19,21,22). The van der Waals surface area contributed by atoms with Gasteiger partial charge in [0.1, 0.15) is 23.8 Å². The molecule has 0 spiro atoms. The summed E-state index contributed by atoms with van der Waals surface area (Å²) < 4.78 is 10.8. The number of nitrogens with zero attached hydrogens (tertiary/aromatic N) is 5. The van der Waals surface area contributed by atoms with Crippen LogP contribution in [-0.2, 0) is 16.0 Å². The molecule has 0 aromatic carbocycles. The molecule has 2 aliphatic rings. The molecule has 138 valence electrons. The molecule has 2 saturated heterocycles. The number of hydrogen-bond donors (Lipinski definition) is 1. The molecule has 0 amide bonds. The average Bonchev–Trinajstić information content (AvgIpc) is 2.74. The predicted octanol–water partition coefficient (Wildman–Crippen LogP) is 1.16. The Balaban J connectivity index is 1.34. The maximum Gasteiger partial charge on any atom is 0.134 e. The first kappa shape index (κ1) is 17.0. The highest BCUT2D eigenvalue weighted by molar-refractivity contribution is 5.49. The van der Waals surface area contributed by atoms with Gasteiger partial charge in [0, 0.05) is 45.0 Å². The summed E-state index contributed by atoms with van der Waals surface area (Å²) in [5, 5.41) is 3.36. The van der Waals surface area contributed by atoms with E-state index in [-0.39, 0.29) is 0 Å². The van der Waals surface area contributed by atoms with Gasteiger partial charge in [0.15, 0.2) is 0 Å². The van der Waals surface area contributed by atoms with E-state index < -0.39 is 0 Å². The Kier molecular flexibility index (Phi) is 5.41. The van der Waals surface area contributed by atoms with Crippen LogP contribution in [0.4, 0.5) is 17.5 Å². The molecule has 2 fully saturated rings. The minimum Gasteiger partial charge on any atom is -0.378 e. The van der Waals surface area contributed by atoms with Gasteiger partial charge in [-0.15, -0.1) is 0 Å². The summed E-state index contributed by atoms with van der Waals surface area (Å²) in [5.41, 5.74) is 1.12. The quantitative estimate of drug-likeness (QED) is 0.855. The number of aromatic nitrogens is 3. The normalized spacial score (nSPS) is 18.0. The van der Waals surface area contributed by atoms with Crippen molar-refractivity contribution in [1.29, 1.82) is 0 Å². The minimum atomic E-state index is 0.677. The highest BCUT2D eigenvalue weighted by atomic mass is 16.5. The van der Waals surface area contributed by atoms with E-state index in [1.165, 1.54) is 0 Å². The lowest BCUT2D eigenvalue weighted by Crippen LogP contribution is -2.36. The fourth-order valence-electron chi connectivity index (χ4n) is 3.10. The lowest BCUT2D eigenvalue weighted by Gasteiger charge is -2.28. The second-order valence-electron chi connectivity index (χ2n) is 6.34. The Morgan fingerprint density at radius 2 is 1.54 bits per heavy atom. The second kappa shape index (κ2) is 8.29. The summed E-state index contributed by atoms with van der Waals surface area (Å²) >= 11 is 0. The molecule has 0 atom stereocenters. The molecule has 2 aliphatic heterocycles. The first-order valence-corrected chi connectivity index (χ1v) is 9.05. The van der Waals surface area contributed by atoms with Crippen molar-refractivity contribution in [1.82, 2.24) is 15.0 Å². The van der Waals surface area contributed by atoms with Crippen LogP contribution in [-0.4, -0.2) is 67.6 Å². The molecule has 0 saturated carbocycles. The lowest BCUT2D eigenvalue weighted by molar-refractivity contribution is 0.122. The van der Waals surface area contributed by atoms with Gasteiger partial charge >= 0.3 is 0 Å². The first-order valence-electron chi connectivity index (χ1n) is 9.05. The van der Waals surface area contributed by atoms with Crippen LogP contribution in [0, 0.1) is 0 Å². The van der Waals surface area contributed by atoms with Gasteiger partial charge < -0.3 is 24.6 Å². The van der Waals surface area contributed by atoms with Crippen LogP contribution in [0.25, 0.3) is 0 Å². The number of anilines is 3. The molecule has 0 unspecified atom stereocenters. The van der Waals surface area contributed by atoms with E-state index in [1.807, 2.05) is 12.3 Å². The van der Waals surface area contributed by atoms with E-state index in [0.717, 1.165) is 75.6 Å². The number of nitrogens with one attached hydrogen (secondary N) is 1. The van der Waals surface area contributed by atoms with Crippen LogP contribution in [0.15, 0.2) is 30.7 Å². The number of hydrogen-bond acceptors (Lipinski definition) is 8. The zero-order valence-corrected chi connectivity index (χ0v) is 14.8. The third-order valence-corrected chi connectivity index (χ3v) is 4.61. The van der Waals surface area contributed by atoms with Crippen molar-refractivity contribution in [3.05, 3.63) is 36.3 Å². The van der Waals surface area contributed by atoms with E-state index in [1.54, 1.807) is 6.33 Å². The Morgan fingerprint density at radius 3 is 2.19 bits per heavy atom. The monoisotopic (exact) mass is 356 g/mol. The van der Waals surface area contributed by atoms with Crippen molar-refractivity contribution in [2.75, 3.05) is 67.7 Å². The zero-order valence-electron chi connectivity index (χ0n) is 14.8. The molecular weight excluding hydrogens is 332 g/mol. The van der Waals surface area contributed by atoms with E-state index in [9.17, 15) is 0 Å². The SMILES string of the molecule is c1nc(NCc2ccc(N3CCOCC3)nc2)cc(N2CCOCC2)n1. The maximum absolute atomic E-state index is 5.39. The summed E-state index contributed by atoms with van der Waals surface area (Å²) in [7, 11) is 0. The molecule has 0 aliphatic carbocycles. The van der Waals surface area contributed by atoms with Crippen molar-refractivity contribution in [2.45, 2.75) is 6.54 Å². The fraction of sp³-hybridized carbons (Fsp3) is 0.500.